The first-order valence-electron chi connectivity index (χ1n) is 4.88. The molecule has 0 radical (unpaired) electrons. The molecule has 2 aromatic heterocycles. The molecule has 2 N–H and O–H groups in total. The van der Waals surface area contributed by atoms with Gasteiger partial charge in [-0.1, -0.05) is 6.92 Å². The molecule has 2 heterocycles. The molecule has 0 aromatic carbocycles. The number of aryl methyl sites for hydroxylation is 2. The van der Waals surface area contributed by atoms with Crippen LogP contribution in [0.5, 0.6) is 0 Å². The van der Waals surface area contributed by atoms with Crippen LogP contribution < -0.4 is 5.73 Å². The molecule has 0 saturated heterocycles. The van der Waals surface area contributed by atoms with Crippen molar-refractivity contribution in [3.63, 3.8) is 0 Å². The summed E-state index contributed by atoms with van der Waals surface area (Å²) in [5.74, 6) is 1.74. The highest BCUT2D eigenvalue weighted by Crippen LogP contribution is 2.21. The number of hydrogen-bond acceptors (Lipinski definition) is 4. The fourth-order valence-corrected chi connectivity index (χ4v) is 1.40. The van der Waals surface area contributed by atoms with Gasteiger partial charge < -0.3 is 10.2 Å². The SMILES string of the molecule is CCc1cc(N)nc(-c2occc2C)n1. The number of aromatic nitrogens is 2. The lowest BCUT2D eigenvalue weighted by Gasteiger charge is -2.02. The molecule has 0 saturated carbocycles. The Morgan fingerprint density at radius 1 is 1.40 bits per heavy atom. The van der Waals surface area contributed by atoms with Crippen LogP contribution in [0, 0.1) is 6.92 Å². The summed E-state index contributed by atoms with van der Waals surface area (Å²) < 4.78 is 5.32. The maximum Gasteiger partial charge on any atom is 0.198 e. The minimum absolute atomic E-state index is 0.479. The molecular formula is C11H13N3O. The predicted molar refractivity (Wildman–Crippen MR) is 58.3 cm³/mol. The van der Waals surface area contributed by atoms with Gasteiger partial charge in [-0.3, -0.25) is 0 Å². The fraction of sp³-hybridized carbons (Fsp3) is 0.273. The Morgan fingerprint density at radius 2 is 2.20 bits per heavy atom. The van der Waals surface area contributed by atoms with Gasteiger partial charge in [0.15, 0.2) is 11.6 Å². The Kier molecular flexibility index (Phi) is 2.41. The lowest BCUT2D eigenvalue weighted by Crippen LogP contribution is -1.99. The van der Waals surface area contributed by atoms with Crippen molar-refractivity contribution in [2.75, 3.05) is 5.73 Å². The van der Waals surface area contributed by atoms with Gasteiger partial charge in [0.1, 0.15) is 5.82 Å². The maximum atomic E-state index is 5.70. The molecule has 4 heteroatoms. The second-order valence-corrected chi connectivity index (χ2v) is 3.39. The molecule has 0 atom stereocenters. The molecule has 0 amide bonds. The summed E-state index contributed by atoms with van der Waals surface area (Å²) in [4.78, 5) is 8.53. The van der Waals surface area contributed by atoms with Gasteiger partial charge in [-0.05, 0) is 25.0 Å². The van der Waals surface area contributed by atoms with Gasteiger partial charge in [-0.2, -0.15) is 0 Å². The summed E-state index contributed by atoms with van der Waals surface area (Å²) in [6.45, 7) is 3.98. The minimum atomic E-state index is 0.479. The van der Waals surface area contributed by atoms with Crippen molar-refractivity contribution in [3.8, 4) is 11.6 Å². The second-order valence-electron chi connectivity index (χ2n) is 3.39. The van der Waals surface area contributed by atoms with Crippen molar-refractivity contribution in [3.05, 3.63) is 29.7 Å². The van der Waals surface area contributed by atoms with Crippen LogP contribution in [-0.4, -0.2) is 9.97 Å². The quantitative estimate of drug-likeness (QED) is 0.812. The van der Waals surface area contributed by atoms with Crippen molar-refractivity contribution in [1.29, 1.82) is 0 Å². The van der Waals surface area contributed by atoms with Crippen molar-refractivity contribution >= 4 is 5.82 Å². The number of nitrogen functional groups attached to an aromatic ring is 1. The second kappa shape index (κ2) is 3.73. The molecule has 78 valence electrons. The summed E-state index contributed by atoms with van der Waals surface area (Å²) >= 11 is 0. The molecule has 2 aromatic rings. The molecule has 0 aliphatic carbocycles. The molecule has 0 fully saturated rings. The Hall–Kier alpha value is -1.84. The van der Waals surface area contributed by atoms with Crippen LogP contribution in [-0.2, 0) is 6.42 Å². The highest BCUT2D eigenvalue weighted by Gasteiger charge is 2.10. The largest absolute Gasteiger partial charge is 0.461 e. The number of hydrogen-bond donors (Lipinski definition) is 1. The van der Waals surface area contributed by atoms with Gasteiger partial charge in [-0.15, -0.1) is 0 Å². The third-order valence-corrected chi connectivity index (χ3v) is 2.23. The van der Waals surface area contributed by atoms with E-state index in [2.05, 4.69) is 9.97 Å². The molecule has 4 nitrogen and oxygen atoms in total. The number of nitrogens with zero attached hydrogens (tertiary/aromatic N) is 2. The number of furan rings is 1. The number of nitrogens with two attached hydrogens (primary N) is 1. The van der Waals surface area contributed by atoms with Crippen LogP contribution in [0.3, 0.4) is 0 Å². The van der Waals surface area contributed by atoms with Gasteiger partial charge in [0.25, 0.3) is 0 Å². The average Bonchev–Trinajstić information content (AvgIpc) is 2.63. The molecule has 0 aliphatic rings. The molecule has 0 spiro atoms. The molecule has 0 unspecified atom stereocenters. The molecular weight excluding hydrogens is 190 g/mol. The first-order chi connectivity index (χ1) is 7.20. The Morgan fingerprint density at radius 3 is 2.80 bits per heavy atom. The summed E-state index contributed by atoms with van der Waals surface area (Å²) in [7, 11) is 0. The van der Waals surface area contributed by atoms with E-state index in [1.165, 1.54) is 0 Å². The molecule has 0 bridgehead atoms. The van der Waals surface area contributed by atoms with E-state index in [0.717, 1.165) is 17.7 Å². The monoisotopic (exact) mass is 203 g/mol. The van der Waals surface area contributed by atoms with Gasteiger partial charge in [0, 0.05) is 11.8 Å². The topological polar surface area (TPSA) is 64.9 Å². The third-order valence-electron chi connectivity index (χ3n) is 2.23. The van der Waals surface area contributed by atoms with E-state index in [1.807, 2.05) is 19.9 Å². The zero-order valence-electron chi connectivity index (χ0n) is 8.82. The van der Waals surface area contributed by atoms with E-state index in [4.69, 9.17) is 10.2 Å². The predicted octanol–water partition coefficient (Wildman–Crippen LogP) is 2.19. The van der Waals surface area contributed by atoms with E-state index < -0.39 is 0 Å². The van der Waals surface area contributed by atoms with Crippen LogP contribution in [0.4, 0.5) is 5.82 Å². The summed E-state index contributed by atoms with van der Waals surface area (Å²) in [6.07, 6.45) is 2.46. The van der Waals surface area contributed by atoms with Crippen molar-refractivity contribution in [1.82, 2.24) is 9.97 Å². The number of anilines is 1. The van der Waals surface area contributed by atoms with Crippen LogP contribution in [0.2, 0.25) is 0 Å². The highest BCUT2D eigenvalue weighted by atomic mass is 16.3. The van der Waals surface area contributed by atoms with Gasteiger partial charge >= 0.3 is 0 Å². The van der Waals surface area contributed by atoms with Gasteiger partial charge in [-0.25, -0.2) is 9.97 Å². The third kappa shape index (κ3) is 1.83. The summed E-state index contributed by atoms with van der Waals surface area (Å²) in [6, 6.07) is 3.66. The van der Waals surface area contributed by atoms with Gasteiger partial charge in [0.2, 0.25) is 0 Å². The zero-order chi connectivity index (χ0) is 10.8. The van der Waals surface area contributed by atoms with Crippen molar-refractivity contribution < 1.29 is 4.42 Å². The molecule has 0 aliphatic heterocycles. The molecule has 15 heavy (non-hydrogen) atoms. The zero-order valence-corrected chi connectivity index (χ0v) is 8.82. The summed E-state index contributed by atoms with van der Waals surface area (Å²) in [5.41, 5.74) is 7.64. The van der Waals surface area contributed by atoms with E-state index in [9.17, 15) is 0 Å². The smallest absolute Gasteiger partial charge is 0.198 e. The van der Waals surface area contributed by atoms with Crippen LogP contribution in [0.25, 0.3) is 11.6 Å². The first kappa shape index (κ1) is 9.71. The van der Waals surface area contributed by atoms with Crippen molar-refractivity contribution in [2.45, 2.75) is 20.3 Å². The minimum Gasteiger partial charge on any atom is -0.461 e. The Bertz CT molecular complexity index is 476. The lowest BCUT2D eigenvalue weighted by molar-refractivity contribution is 0.575. The molecule has 2 rings (SSSR count). The summed E-state index contributed by atoms with van der Waals surface area (Å²) in [5, 5.41) is 0. The maximum absolute atomic E-state index is 5.70. The van der Waals surface area contributed by atoms with E-state index in [1.54, 1.807) is 12.3 Å². The van der Waals surface area contributed by atoms with Crippen LogP contribution in [0.15, 0.2) is 22.8 Å². The lowest BCUT2D eigenvalue weighted by atomic mass is 10.2. The fourth-order valence-electron chi connectivity index (χ4n) is 1.40. The van der Waals surface area contributed by atoms with Crippen LogP contribution in [0.1, 0.15) is 18.2 Å². The van der Waals surface area contributed by atoms with Crippen LogP contribution >= 0.6 is 0 Å². The Balaban J connectivity index is 2.53. The normalized spacial score (nSPS) is 10.5. The van der Waals surface area contributed by atoms with E-state index in [-0.39, 0.29) is 0 Å². The van der Waals surface area contributed by atoms with E-state index in [0.29, 0.717) is 17.4 Å². The Labute approximate surface area is 88.2 Å². The van der Waals surface area contributed by atoms with Crippen molar-refractivity contribution in [2.24, 2.45) is 0 Å². The average molecular weight is 203 g/mol. The van der Waals surface area contributed by atoms with E-state index >= 15 is 0 Å². The first-order valence-corrected chi connectivity index (χ1v) is 4.88. The number of rotatable bonds is 2. The van der Waals surface area contributed by atoms with Gasteiger partial charge in [0.05, 0.1) is 6.26 Å². The highest BCUT2D eigenvalue weighted by molar-refractivity contribution is 5.54. The standard InChI is InChI=1S/C11H13N3O/c1-3-8-6-9(12)14-11(13-8)10-7(2)4-5-15-10/h4-6H,3H2,1-2H3,(H2,12,13,14).